The van der Waals surface area contributed by atoms with Crippen molar-refractivity contribution in [2.75, 3.05) is 6.54 Å². The third-order valence-electron chi connectivity index (χ3n) is 6.12. The summed E-state index contributed by atoms with van der Waals surface area (Å²) in [5.41, 5.74) is 3.08. The highest BCUT2D eigenvalue weighted by Gasteiger charge is 2.37. The average Bonchev–Trinajstić information content (AvgIpc) is 2.78. The van der Waals surface area contributed by atoms with Gasteiger partial charge in [0, 0.05) is 29.6 Å². The first-order valence-corrected chi connectivity index (χ1v) is 11.3. The molecule has 31 heavy (non-hydrogen) atoms. The minimum Gasteiger partial charge on any atom is -0.457 e. The van der Waals surface area contributed by atoms with Gasteiger partial charge in [0.15, 0.2) is 0 Å². The molecule has 0 saturated heterocycles. The van der Waals surface area contributed by atoms with E-state index in [9.17, 15) is 9.59 Å². The summed E-state index contributed by atoms with van der Waals surface area (Å²) in [4.78, 5) is 28.1. The number of carbonyl (C=O) groups is 2. The lowest BCUT2D eigenvalue weighted by atomic mass is 9.83. The number of halogens is 1. The number of rotatable bonds is 8. The number of allylic oxidation sites excluding steroid dienone is 1. The lowest BCUT2D eigenvalue weighted by molar-refractivity contribution is -0.141. The van der Waals surface area contributed by atoms with Crippen LogP contribution in [-0.4, -0.2) is 23.3 Å². The molecule has 0 bridgehead atoms. The van der Waals surface area contributed by atoms with Crippen molar-refractivity contribution in [3.05, 3.63) is 82.0 Å². The zero-order valence-corrected chi connectivity index (χ0v) is 19.2. The van der Waals surface area contributed by atoms with E-state index in [1.54, 1.807) is 17.0 Å². The fourth-order valence-electron chi connectivity index (χ4n) is 4.09. The van der Waals surface area contributed by atoms with Crippen molar-refractivity contribution in [3.63, 3.8) is 0 Å². The van der Waals surface area contributed by atoms with Gasteiger partial charge in [0.05, 0.1) is 5.57 Å². The lowest BCUT2D eigenvalue weighted by Gasteiger charge is -2.36. The van der Waals surface area contributed by atoms with Gasteiger partial charge in [-0.05, 0) is 36.1 Å². The molecule has 0 fully saturated rings. The van der Waals surface area contributed by atoms with Crippen molar-refractivity contribution in [1.82, 2.24) is 4.90 Å². The summed E-state index contributed by atoms with van der Waals surface area (Å²) >= 11 is 6.06. The third kappa shape index (κ3) is 5.56. The van der Waals surface area contributed by atoms with Crippen LogP contribution in [0.1, 0.15) is 57.1 Å². The lowest BCUT2D eigenvalue weighted by Crippen LogP contribution is -2.40. The molecule has 5 heteroatoms. The van der Waals surface area contributed by atoms with Gasteiger partial charge >= 0.3 is 5.97 Å². The molecule has 0 saturated carbocycles. The fraction of sp³-hybridized carbons (Fsp3) is 0.385. The number of amides is 1. The van der Waals surface area contributed by atoms with Crippen LogP contribution in [0.2, 0.25) is 5.02 Å². The largest absolute Gasteiger partial charge is 0.457 e. The highest BCUT2D eigenvalue weighted by molar-refractivity contribution is 6.30. The maximum atomic E-state index is 13.3. The van der Waals surface area contributed by atoms with Crippen molar-refractivity contribution in [2.45, 2.75) is 52.6 Å². The van der Waals surface area contributed by atoms with Crippen LogP contribution in [0.15, 0.2) is 65.9 Å². The van der Waals surface area contributed by atoms with Crippen LogP contribution in [0.25, 0.3) is 0 Å². The normalized spacial score (nSPS) is 16.7. The molecule has 0 spiro atoms. The Hall–Kier alpha value is -2.59. The van der Waals surface area contributed by atoms with Crippen LogP contribution >= 0.6 is 11.6 Å². The molecule has 0 N–H and O–H groups in total. The van der Waals surface area contributed by atoms with Gasteiger partial charge in [0.1, 0.15) is 6.61 Å². The van der Waals surface area contributed by atoms with E-state index in [0.29, 0.717) is 28.8 Å². The maximum Gasteiger partial charge on any atom is 0.336 e. The van der Waals surface area contributed by atoms with Crippen LogP contribution in [0, 0.1) is 5.92 Å². The summed E-state index contributed by atoms with van der Waals surface area (Å²) in [6.07, 6.45) is 2.22. The van der Waals surface area contributed by atoms with Gasteiger partial charge in [0.2, 0.25) is 5.91 Å². The van der Waals surface area contributed by atoms with Crippen LogP contribution in [0.4, 0.5) is 0 Å². The molecular weight excluding hydrogens is 410 g/mol. The number of benzene rings is 2. The molecule has 2 aromatic rings. The molecular formula is C26H30ClNO3. The van der Waals surface area contributed by atoms with E-state index in [0.717, 1.165) is 24.0 Å². The highest BCUT2D eigenvalue weighted by Crippen LogP contribution is 2.38. The smallest absolute Gasteiger partial charge is 0.336 e. The standard InChI is InChI=1S/C26H30ClNO3/c1-4-19(5-2)16-28-18(3)25(26(30)31-17-20-9-7-6-8-10-20)23(15-24(28)29)21-11-13-22(27)14-12-21/h6-14,19,23H,4-5,15-17H2,1-3H3. The number of hydrogen-bond acceptors (Lipinski definition) is 3. The van der Waals surface area contributed by atoms with E-state index in [4.69, 9.17) is 16.3 Å². The molecule has 0 aromatic heterocycles. The maximum absolute atomic E-state index is 13.3. The summed E-state index contributed by atoms with van der Waals surface area (Å²) in [7, 11) is 0. The Morgan fingerprint density at radius 1 is 1.10 bits per heavy atom. The fourth-order valence-corrected chi connectivity index (χ4v) is 4.21. The van der Waals surface area contributed by atoms with E-state index in [-0.39, 0.29) is 30.8 Å². The number of esters is 1. The van der Waals surface area contributed by atoms with Gasteiger partial charge in [-0.25, -0.2) is 4.79 Å². The first-order valence-electron chi connectivity index (χ1n) is 10.9. The van der Waals surface area contributed by atoms with Gasteiger partial charge in [-0.1, -0.05) is 80.8 Å². The van der Waals surface area contributed by atoms with Gasteiger partial charge < -0.3 is 9.64 Å². The molecule has 1 heterocycles. The molecule has 1 amide bonds. The number of ether oxygens (including phenoxy) is 1. The quantitative estimate of drug-likeness (QED) is 0.466. The Morgan fingerprint density at radius 2 is 1.74 bits per heavy atom. The Bertz CT molecular complexity index is 933. The minimum atomic E-state index is -0.372. The van der Waals surface area contributed by atoms with Gasteiger partial charge in [-0.15, -0.1) is 0 Å². The van der Waals surface area contributed by atoms with Crippen LogP contribution in [0.5, 0.6) is 0 Å². The Balaban J connectivity index is 1.94. The molecule has 3 rings (SSSR count). The molecule has 0 radical (unpaired) electrons. The first kappa shape index (κ1) is 23.1. The SMILES string of the molecule is CCC(CC)CN1C(=O)CC(c2ccc(Cl)cc2)C(C(=O)OCc2ccccc2)=C1C. The Labute approximate surface area is 189 Å². The molecule has 1 atom stereocenters. The van der Waals surface area contributed by atoms with E-state index in [1.165, 1.54) is 0 Å². The van der Waals surface area contributed by atoms with Gasteiger partial charge in [-0.3, -0.25) is 4.79 Å². The van der Waals surface area contributed by atoms with Crippen molar-refractivity contribution in [3.8, 4) is 0 Å². The van der Waals surface area contributed by atoms with E-state index >= 15 is 0 Å². The summed E-state index contributed by atoms with van der Waals surface area (Å²) in [6, 6.07) is 17.0. The Morgan fingerprint density at radius 3 is 2.35 bits per heavy atom. The average molecular weight is 440 g/mol. The monoisotopic (exact) mass is 439 g/mol. The second kappa shape index (κ2) is 10.6. The van der Waals surface area contributed by atoms with Crippen molar-refractivity contribution >= 4 is 23.5 Å². The second-order valence-electron chi connectivity index (χ2n) is 8.06. The summed E-state index contributed by atoms with van der Waals surface area (Å²) in [5.74, 6) is -0.272. The first-order chi connectivity index (χ1) is 14.9. The van der Waals surface area contributed by atoms with Crippen molar-refractivity contribution in [1.29, 1.82) is 0 Å². The molecule has 1 aliphatic heterocycles. The summed E-state index contributed by atoms with van der Waals surface area (Å²) < 4.78 is 5.69. The second-order valence-corrected chi connectivity index (χ2v) is 8.49. The van der Waals surface area contributed by atoms with Crippen LogP contribution < -0.4 is 0 Å². The zero-order valence-electron chi connectivity index (χ0n) is 18.4. The van der Waals surface area contributed by atoms with Crippen LogP contribution in [0.3, 0.4) is 0 Å². The van der Waals surface area contributed by atoms with E-state index < -0.39 is 0 Å². The van der Waals surface area contributed by atoms with E-state index in [1.807, 2.05) is 49.4 Å². The van der Waals surface area contributed by atoms with Gasteiger partial charge in [0.25, 0.3) is 0 Å². The van der Waals surface area contributed by atoms with Crippen molar-refractivity contribution in [2.24, 2.45) is 5.92 Å². The van der Waals surface area contributed by atoms with E-state index in [2.05, 4.69) is 13.8 Å². The topological polar surface area (TPSA) is 46.6 Å². The predicted octanol–water partition coefficient (Wildman–Crippen LogP) is 6.11. The zero-order chi connectivity index (χ0) is 22.4. The third-order valence-corrected chi connectivity index (χ3v) is 6.38. The summed E-state index contributed by atoms with van der Waals surface area (Å²) in [5, 5.41) is 0.621. The molecule has 4 nitrogen and oxygen atoms in total. The number of nitrogens with zero attached hydrogens (tertiary/aromatic N) is 1. The summed E-state index contributed by atoms with van der Waals surface area (Å²) in [6.45, 7) is 6.95. The molecule has 0 aliphatic carbocycles. The minimum absolute atomic E-state index is 0.0453. The predicted molar refractivity (Wildman–Crippen MR) is 124 cm³/mol. The highest BCUT2D eigenvalue weighted by atomic mass is 35.5. The number of hydrogen-bond donors (Lipinski definition) is 0. The van der Waals surface area contributed by atoms with Crippen LogP contribution in [-0.2, 0) is 20.9 Å². The molecule has 1 aliphatic rings. The molecule has 1 unspecified atom stereocenters. The molecule has 2 aromatic carbocycles. The number of carbonyl (C=O) groups excluding carboxylic acids is 2. The molecule has 164 valence electrons. The van der Waals surface area contributed by atoms with Gasteiger partial charge in [-0.2, -0.15) is 0 Å². The van der Waals surface area contributed by atoms with Crippen molar-refractivity contribution < 1.29 is 14.3 Å². The Kier molecular flexibility index (Phi) is 7.91.